The highest BCUT2D eigenvalue weighted by Crippen LogP contribution is 2.15. The summed E-state index contributed by atoms with van der Waals surface area (Å²) in [6.07, 6.45) is -0.209. The number of hydrogen-bond acceptors (Lipinski definition) is 5. The van der Waals surface area contributed by atoms with Gasteiger partial charge in [0.2, 0.25) is 0 Å². The van der Waals surface area contributed by atoms with Gasteiger partial charge in [-0.05, 0) is 12.1 Å². The largest absolute Gasteiger partial charge is 0.462 e. The SMILES string of the molecule is COC(=O)c1nc(Cc2c(F)cccc2F)no1. The first kappa shape index (κ1) is 12.2. The van der Waals surface area contributed by atoms with Gasteiger partial charge in [0.25, 0.3) is 0 Å². The third-order valence-corrected chi connectivity index (χ3v) is 2.22. The summed E-state index contributed by atoms with van der Waals surface area (Å²) in [5, 5.41) is 3.44. The van der Waals surface area contributed by atoms with Crippen molar-refractivity contribution in [3.8, 4) is 0 Å². The molecule has 0 aliphatic heterocycles. The predicted octanol–water partition coefficient (Wildman–Crippen LogP) is 1.73. The molecule has 2 rings (SSSR count). The summed E-state index contributed by atoms with van der Waals surface area (Å²) in [4.78, 5) is 14.7. The Morgan fingerprint density at radius 3 is 2.67 bits per heavy atom. The molecule has 1 heterocycles. The first-order valence-corrected chi connectivity index (χ1v) is 4.95. The number of halogens is 2. The first-order valence-electron chi connectivity index (χ1n) is 4.95. The minimum Gasteiger partial charge on any atom is -0.462 e. The molecule has 2 aromatic rings. The average Bonchev–Trinajstić information content (AvgIpc) is 2.81. The predicted molar refractivity (Wildman–Crippen MR) is 54.8 cm³/mol. The van der Waals surface area contributed by atoms with E-state index in [1.54, 1.807) is 0 Å². The first-order chi connectivity index (χ1) is 8.61. The van der Waals surface area contributed by atoms with Crippen LogP contribution in [-0.4, -0.2) is 23.2 Å². The van der Waals surface area contributed by atoms with Gasteiger partial charge in [-0.2, -0.15) is 4.98 Å². The van der Waals surface area contributed by atoms with Crippen molar-refractivity contribution in [1.82, 2.24) is 10.1 Å². The second-order valence-corrected chi connectivity index (χ2v) is 3.38. The highest BCUT2D eigenvalue weighted by Gasteiger charge is 2.17. The number of benzene rings is 1. The minimum atomic E-state index is -0.803. The standard InChI is InChI=1S/C11H8F2N2O3/c1-17-11(16)10-14-9(15-18-10)5-6-7(12)3-2-4-8(6)13/h2-4H,5H2,1H3. The Bertz CT molecular complexity index is 563. The van der Waals surface area contributed by atoms with E-state index in [9.17, 15) is 13.6 Å². The Kier molecular flexibility index (Phi) is 3.31. The van der Waals surface area contributed by atoms with E-state index < -0.39 is 17.6 Å². The summed E-state index contributed by atoms with van der Waals surface area (Å²) in [7, 11) is 1.16. The van der Waals surface area contributed by atoms with Gasteiger partial charge >= 0.3 is 11.9 Å². The zero-order chi connectivity index (χ0) is 13.1. The van der Waals surface area contributed by atoms with Crippen LogP contribution in [-0.2, 0) is 11.2 Å². The third kappa shape index (κ3) is 2.34. The Balaban J connectivity index is 2.24. The van der Waals surface area contributed by atoms with Gasteiger partial charge in [-0.3, -0.25) is 0 Å². The lowest BCUT2D eigenvalue weighted by Gasteiger charge is -2.00. The summed E-state index contributed by atoms with van der Waals surface area (Å²) < 4.78 is 35.7. The van der Waals surface area contributed by atoms with Crippen molar-refractivity contribution in [2.24, 2.45) is 0 Å². The maximum atomic E-state index is 13.3. The van der Waals surface area contributed by atoms with E-state index in [0.717, 1.165) is 19.2 Å². The molecule has 0 aliphatic rings. The van der Waals surface area contributed by atoms with E-state index in [1.165, 1.54) is 6.07 Å². The molecule has 5 nitrogen and oxygen atoms in total. The number of rotatable bonds is 3. The van der Waals surface area contributed by atoms with Crippen LogP contribution in [0, 0.1) is 11.6 Å². The van der Waals surface area contributed by atoms with Crippen LogP contribution < -0.4 is 0 Å². The van der Waals surface area contributed by atoms with Crippen LogP contribution in [0.3, 0.4) is 0 Å². The maximum absolute atomic E-state index is 13.3. The smallest absolute Gasteiger partial charge is 0.397 e. The Morgan fingerprint density at radius 1 is 1.39 bits per heavy atom. The van der Waals surface area contributed by atoms with Crippen LogP contribution in [0.1, 0.15) is 22.1 Å². The monoisotopic (exact) mass is 254 g/mol. The van der Waals surface area contributed by atoms with E-state index >= 15 is 0 Å². The van der Waals surface area contributed by atoms with Gasteiger partial charge in [-0.15, -0.1) is 0 Å². The van der Waals surface area contributed by atoms with Crippen LogP contribution in [0.5, 0.6) is 0 Å². The number of esters is 1. The minimum absolute atomic E-state index is 0.000556. The normalized spacial score (nSPS) is 10.4. The van der Waals surface area contributed by atoms with Crippen molar-refractivity contribution in [3.63, 3.8) is 0 Å². The molecule has 0 amide bonds. The molecule has 0 saturated carbocycles. The highest BCUT2D eigenvalue weighted by atomic mass is 19.1. The van der Waals surface area contributed by atoms with Crippen molar-refractivity contribution in [2.45, 2.75) is 6.42 Å². The van der Waals surface area contributed by atoms with Gasteiger partial charge in [0.05, 0.1) is 7.11 Å². The summed E-state index contributed by atoms with van der Waals surface area (Å²) >= 11 is 0. The van der Waals surface area contributed by atoms with E-state index in [2.05, 4.69) is 19.4 Å². The van der Waals surface area contributed by atoms with Crippen molar-refractivity contribution in [3.05, 3.63) is 47.1 Å². The lowest BCUT2D eigenvalue weighted by atomic mass is 10.1. The second kappa shape index (κ2) is 4.91. The molecule has 0 saturated heterocycles. The molecular formula is C11H8F2N2O3. The molecule has 0 N–H and O–H groups in total. The molecule has 0 fully saturated rings. The lowest BCUT2D eigenvalue weighted by Crippen LogP contribution is -2.02. The molecule has 1 aromatic heterocycles. The molecule has 18 heavy (non-hydrogen) atoms. The zero-order valence-corrected chi connectivity index (χ0v) is 9.31. The summed E-state index contributed by atoms with van der Waals surface area (Å²) in [6, 6.07) is 3.50. The van der Waals surface area contributed by atoms with Crippen LogP contribution in [0.15, 0.2) is 22.7 Å². The van der Waals surface area contributed by atoms with Crippen molar-refractivity contribution >= 4 is 5.97 Å². The number of hydrogen-bond donors (Lipinski definition) is 0. The molecule has 0 unspecified atom stereocenters. The number of carbonyl (C=O) groups is 1. The van der Waals surface area contributed by atoms with Gasteiger partial charge in [-0.1, -0.05) is 11.2 Å². The van der Waals surface area contributed by atoms with Gasteiger partial charge in [0, 0.05) is 12.0 Å². The van der Waals surface area contributed by atoms with E-state index in [0.29, 0.717) is 0 Å². The number of ether oxygens (including phenoxy) is 1. The van der Waals surface area contributed by atoms with Crippen LogP contribution in [0.25, 0.3) is 0 Å². The van der Waals surface area contributed by atoms with Gasteiger partial charge in [0.15, 0.2) is 5.82 Å². The van der Waals surface area contributed by atoms with Gasteiger partial charge < -0.3 is 9.26 Å². The number of nitrogens with zero attached hydrogens (tertiary/aromatic N) is 2. The fourth-order valence-electron chi connectivity index (χ4n) is 1.36. The highest BCUT2D eigenvalue weighted by molar-refractivity contribution is 5.83. The second-order valence-electron chi connectivity index (χ2n) is 3.38. The molecular weight excluding hydrogens is 246 g/mol. The van der Waals surface area contributed by atoms with E-state index in [4.69, 9.17) is 0 Å². The Labute approximate surface area is 100 Å². The number of methoxy groups -OCH3 is 1. The van der Waals surface area contributed by atoms with Crippen LogP contribution in [0.2, 0.25) is 0 Å². The molecule has 94 valence electrons. The molecule has 7 heteroatoms. The number of aromatic nitrogens is 2. The van der Waals surface area contributed by atoms with Crippen molar-refractivity contribution < 1.29 is 22.8 Å². The molecule has 0 bridgehead atoms. The molecule has 0 spiro atoms. The van der Waals surface area contributed by atoms with Crippen LogP contribution >= 0.6 is 0 Å². The fourth-order valence-corrected chi connectivity index (χ4v) is 1.36. The van der Waals surface area contributed by atoms with Gasteiger partial charge in [-0.25, -0.2) is 13.6 Å². The van der Waals surface area contributed by atoms with Gasteiger partial charge in [0.1, 0.15) is 11.6 Å². The third-order valence-electron chi connectivity index (χ3n) is 2.22. The molecule has 0 atom stereocenters. The quantitative estimate of drug-likeness (QED) is 0.780. The molecule has 0 aliphatic carbocycles. The summed E-state index contributed by atoms with van der Waals surface area (Å²) in [6.45, 7) is 0. The van der Waals surface area contributed by atoms with E-state index in [-0.39, 0.29) is 23.7 Å². The average molecular weight is 254 g/mol. The fraction of sp³-hybridized carbons (Fsp3) is 0.182. The van der Waals surface area contributed by atoms with E-state index in [1.807, 2.05) is 0 Å². The Hall–Kier alpha value is -2.31. The zero-order valence-electron chi connectivity index (χ0n) is 9.31. The molecule has 0 radical (unpaired) electrons. The maximum Gasteiger partial charge on any atom is 0.397 e. The van der Waals surface area contributed by atoms with Crippen molar-refractivity contribution in [1.29, 1.82) is 0 Å². The van der Waals surface area contributed by atoms with Crippen molar-refractivity contribution in [2.75, 3.05) is 7.11 Å². The number of carbonyl (C=O) groups excluding carboxylic acids is 1. The Morgan fingerprint density at radius 2 is 2.06 bits per heavy atom. The summed E-state index contributed by atoms with van der Waals surface area (Å²) in [5.74, 6) is -2.58. The lowest BCUT2D eigenvalue weighted by molar-refractivity contribution is 0.0545. The molecule has 1 aromatic carbocycles. The summed E-state index contributed by atoms with van der Waals surface area (Å²) in [5.41, 5.74) is -0.185. The topological polar surface area (TPSA) is 65.2 Å². The van der Waals surface area contributed by atoms with Crippen LogP contribution in [0.4, 0.5) is 8.78 Å².